The molecule has 0 bridgehead atoms. The van der Waals surface area contributed by atoms with E-state index in [0.29, 0.717) is 18.2 Å². The van der Waals surface area contributed by atoms with Gasteiger partial charge in [0.15, 0.2) is 0 Å². The highest BCUT2D eigenvalue weighted by atomic mass is 19.1. The van der Waals surface area contributed by atoms with Crippen LogP contribution in [0.15, 0.2) is 18.2 Å². The van der Waals surface area contributed by atoms with Gasteiger partial charge in [-0.3, -0.25) is 4.90 Å². The van der Waals surface area contributed by atoms with E-state index in [0.717, 1.165) is 18.7 Å². The van der Waals surface area contributed by atoms with Gasteiger partial charge in [-0.15, -0.1) is 0 Å². The topological polar surface area (TPSA) is 29.3 Å². The fourth-order valence-corrected chi connectivity index (χ4v) is 2.77. The average Bonchev–Trinajstić information content (AvgIpc) is 2.61. The van der Waals surface area contributed by atoms with Crippen molar-refractivity contribution in [3.63, 3.8) is 0 Å². The zero-order valence-corrected chi connectivity index (χ0v) is 12.2. The molecule has 1 aliphatic heterocycles. The number of benzene rings is 1. The van der Waals surface area contributed by atoms with Gasteiger partial charge in [0.1, 0.15) is 5.82 Å². The third-order valence-electron chi connectivity index (χ3n) is 3.87. The highest BCUT2D eigenvalue weighted by Gasteiger charge is 2.17. The van der Waals surface area contributed by atoms with Crippen LogP contribution in [-0.2, 0) is 6.54 Å². The summed E-state index contributed by atoms with van der Waals surface area (Å²) in [6.45, 7) is 4.46. The maximum absolute atomic E-state index is 13.7. The molecule has 1 aromatic carbocycles. The number of nitrogens with two attached hydrogens (primary N) is 1. The van der Waals surface area contributed by atoms with Crippen LogP contribution in [0.3, 0.4) is 0 Å². The first-order valence-corrected chi connectivity index (χ1v) is 7.41. The van der Waals surface area contributed by atoms with Crippen LogP contribution in [0.1, 0.15) is 43.7 Å². The van der Waals surface area contributed by atoms with E-state index in [1.54, 1.807) is 6.07 Å². The van der Waals surface area contributed by atoms with Gasteiger partial charge in [0.25, 0.3) is 0 Å². The lowest BCUT2D eigenvalue weighted by Crippen LogP contribution is -2.32. The molecule has 2 rings (SSSR count). The molecule has 0 radical (unpaired) electrons. The second-order valence-electron chi connectivity index (χ2n) is 5.52. The molecule has 1 heterocycles. The Labute approximate surface area is 121 Å². The van der Waals surface area contributed by atoms with Gasteiger partial charge in [0.05, 0.1) is 6.54 Å². The number of hydrogen-bond acceptors (Lipinski definition) is 2. The summed E-state index contributed by atoms with van der Waals surface area (Å²) >= 11 is 0. The van der Waals surface area contributed by atoms with Crippen molar-refractivity contribution in [1.29, 1.82) is 0 Å². The van der Waals surface area contributed by atoms with Gasteiger partial charge in [-0.1, -0.05) is 24.7 Å². The molecule has 1 aromatic rings. The summed E-state index contributed by atoms with van der Waals surface area (Å²) < 4.78 is 13.7. The normalized spacial score (nSPS) is 20.1. The number of hydrogen-bond donors (Lipinski definition) is 1. The molecule has 2 N–H and O–H groups in total. The molecule has 0 spiro atoms. The standard InChI is InChI=1S/C17H23FN2/c1-14-6-3-2-4-9-20(14)13-16-10-15(7-5-8-19)11-17(18)12-16/h10-12,14H,2-4,6,8-9,13,19H2,1H3. The zero-order chi connectivity index (χ0) is 14.4. The smallest absolute Gasteiger partial charge is 0.124 e. The summed E-state index contributed by atoms with van der Waals surface area (Å²) in [5.41, 5.74) is 7.08. The minimum atomic E-state index is -0.216. The van der Waals surface area contributed by atoms with Gasteiger partial charge in [0.2, 0.25) is 0 Å². The summed E-state index contributed by atoms with van der Waals surface area (Å²) in [5.74, 6) is 5.48. The summed E-state index contributed by atoms with van der Waals surface area (Å²) in [6, 6.07) is 5.63. The van der Waals surface area contributed by atoms with Crippen LogP contribution in [0.25, 0.3) is 0 Å². The van der Waals surface area contributed by atoms with Crippen LogP contribution in [0.2, 0.25) is 0 Å². The van der Waals surface area contributed by atoms with Gasteiger partial charge in [-0.25, -0.2) is 4.39 Å². The van der Waals surface area contributed by atoms with Crippen LogP contribution in [0.5, 0.6) is 0 Å². The Morgan fingerprint density at radius 3 is 2.95 bits per heavy atom. The minimum Gasteiger partial charge on any atom is -0.320 e. The van der Waals surface area contributed by atoms with Crippen molar-refractivity contribution >= 4 is 0 Å². The van der Waals surface area contributed by atoms with Crippen LogP contribution >= 0.6 is 0 Å². The molecular formula is C17H23FN2. The first kappa shape index (κ1) is 15.0. The highest BCUT2D eigenvalue weighted by molar-refractivity contribution is 5.38. The van der Waals surface area contributed by atoms with Crippen molar-refractivity contribution in [1.82, 2.24) is 4.90 Å². The zero-order valence-electron chi connectivity index (χ0n) is 12.2. The van der Waals surface area contributed by atoms with E-state index in [9.17, 15) is 4.39 Å². The van der Waals surface area contributed by atoms with Crippen molar-refractivity contribution in [3.8, 4) is 11.8 Å². The lowest BCUT2D eigenvalue weighted by molar-refractivity contribution is 0.204. The second kappa shape index (κ2) is 7.42. The van der Waals surface area contributed by atoms with Crippen molar-refractivity contribution in [2.24, 2.45) is 5.73 Å². The number of likely N-dealkylation sites (tertiary alicyclic amines) is 1. The second-order valence-corrected chi connectivity index (χ2v) is 5.52. The van der Waals surface area contributed by atoms with E-state index in [2.05, 4.69) is 23.7 Å². The van der Waals surface area contributed by atoms with E-state index < -0.39 is 0 Å². The van der Waals surface area contributed by atoms with Crippen LogP contribution in [0, 0.1) is 17.7 Å². The molecule has 1 unspecified atom stereocenters. The van der Waals surface area contributed by atoms with Crippen LogP contribution in [0.4, 0.5) is 4.39 Å². The first-order valence-electron chi connectivity index (χ1n) is 7.41. The number of halogens is 1. The fourth-order valence-electron chi connectivity index (χ4n) is 2.77. The van der Waals surface area contributed by atoms with Crippen molar-refractivity contribution in [3.05, 3.63) is 35.1 Å². The van der Waals surface area contributed by atoms with Gasteiger partial charge in [-0.2, -0.15) is 0 Å². The van der Waals surface area contributed by atoms with E-state index in [1.807, 2.05) is 6.07 Å². The Hall–Kier alpha value is -1.37. The third kappa shape index (κ3) is 4.33. The Kier molecular flexibility index (Phi) is 5.58. The third-order valence-corrected chi connectivity index (χ3v) is 3.87. The lowest BCUT2D eigenvalue weighted by atomic mass is 10.1. The number of nitrogens with zero attached hydrogens (tertiary/aromatic N) is 1. The summed E-state index contributed by atoms with van der Waals surface area (Å²) in [5, 5.41) is 0. The molecule has 1 atom stereocenters. The molecule has 2 nitrogen and oxygen atoms in total. The summed E-state index contributed by atoms with van der Waals surface area (Å²) in [7, 11) is 0. The Bertz CT molecular complexity index is 501. The van der Waals surface area contributed by atoms with Crippen molar-refractivity contribution < 1.29 is 4.39 Å². The Balaban J connectivity index is 2.13. The molecular weight excluding hydrogens is 251 g/mol. The number of rotatable bonds is 2. The van der Waals surface area contributed by atoms with E-state index in [4.69, 9.17) is 5.73 Å². The maximum Gasteiger partial charge on any atom is 0.124 e. The SMILES string of the molecule is CC1CCCCCN1Cc1cc(F)cc(C#CCN)c1. The van der Waals surface area contributed by atoms with Gasteiger partial charge in [0, 0.05) is 18.2 Å². The largest absolute Gasteiger partial charge is 0.320 e. The van der Waals surface area contributed by atoms with E-state index in [-0.39, 0.29) is 5.82 Å². The van der Waals surface area contributed by atoms with Crippen molar-refractivity contribution in [2.45, 2.75) is 45.2 Å². The van der Waals surface area contributed by atoms with Crippen molar-refractivity contribution in [2.75, 3.05) is 13.1 Å². The van der Waals surface area contributed by atoms with E-state index in [1.165, 1.54) is 31.7 Å². The fraction of sp³-hybridized carbons (Fsp3) is 0.529. The molecule has 0 aromatic heterocycles. The summed E-state index contributed by atoms with van der Waals surface area (Å²) in [4.78, 5) is 2.45. The molecule has 3 heteroatoms. The predicted octanol–water partition coefficient (Wildman–Crippen LogP) is 2.90. The van der Waals surface area contributed by atoms with Gasteiger partial charge < -0.3 is 5.73 Å². The molecule has 0 amide bonds. The van der Waals surface area contributed by atoms with Crippen LogP contribution in [-0.4, -0.2) is 24.0 Å². The molecule has 0 aliphatic carbocycles. The molecule has 1 saturated heterocycles. The molecule has 0 saturated carbocycles. The quantitative estimate of drug-likeness (QED) is 0.840. The Morgan fingerprint density at radius 1 is 1.30 bits per heavy atom. The van der Waals surface area contributed by atoms with Crippen LogP contribution < -0.4 is 5.73 Å². The van der Waals surface area contributed by atoms with Gasteiger partial charge in [-0.05, 0) is 50.1 Å². The first-order chi connectivity index (χ1) is 9.69. The molecule has 20 heavy (non-hydrogen) atoms. The average molecular weight is 274 g/mol. The maximum atomic E-state index is 13.7. The lowest BCUT2D eigenvalue weighted by Gasteiger charge is -2.27. The minimum absolute atomic E-state index is 0.216. The molecule has 1 aliphatic rings. The molecule has 1 fully saturated rings. The van der Waals surface area contributed by atoms with Gasteiger partial charge >= 0.3 is 0 Å². The van der Waals surface area contributed by atoms with E-state index >= 15 is 0 Å². The highest BCUT2D eigenvalue weighted by Crippen LogP contribution is 2.19. The monoisotopic (exact) mass is 274 g/mol. The Morgan fingerprint density at radius 2 is 2.15 bits per heavy atom. The predicted molar refractivity (Wildman–Crippen MR) is 80.7 cm³/mol. The molecule has 108 valence electrons. The summed E-state index contributed by atoms with van der Waals surface area (Å²) in [6.07, 6.45) is 5.07.